The molecule has 0 spiro atoms. The topological polar surface area (TPSA) is 38.3 Å². The predicted octanol–water partition coefficient (Wildman–Crippen LogP) is 3.96. The van der Waals surface area contributed by atoms with E-state index in [2.05, 4.69) is 5.32 Å². The number of amides is 1. The average molecular weight is 341 g/mol. The maximum atomic E-state index is 13.4. The molecule has 0 atom stereocenters. The van der Waals surface area contributed by atoms with Gasteiger partial charge in [-0.3, -0.25) is 4.79 Å². The Hall–Kier alpha value is -2.57. The van der Waals surface area contributed by atoms with E-state index in [9.17, 15) is 22.4 Å². The van der Waals surface area contributed by atoms with Crippen LogP contribution in [0.5, 0.6) is 5.75 Å². The molecule has 0 aliphatic heterocycles. The van der Waals surface area contributed by atoms with Gasteiger partial charge in [-0.25, -0.2) is 4.39 Å². The smallest absolute Gasteiger partial charge is 0.416 e. The zero-order chi connectivity index (χ0) is 17.7. The first-order valence-corrected chi connectivity index (χ1v) is 7.12. The number of aryl methyl sites for hydroxylation is 1. The summed E-state index contributed by atoms with van der Waals surface area (Å²) in [5.41, 5.74) is -0.130. The molecule has 0 radical (unpaired) electrons. The standard InChI is InChI=1S/C17H15F4NO2/c1-11-2-3-12(10-15(11)18)16(23)22-8-9-24-14-6-4-13(5-7-14)17(19,20)21/h2-7,10H,8-9H2,1H3,(H,22,23). The summed E-state index contributed by atoms with van der Waals surface area (Å²) < 4.78 is 55.9. The van der Waals surface area contributed by atoms with Gasteiger partial charge < -0.3 is 10.1 Å². The molecular weight excluding hydrogens is 326 g/mol. The number of halogens is 4. The van der Waals surface area contributed by atoms with Gasteiger partial charge >= 0.3 is 6.18 Å². The van der Waals surface area contributed by atoms with Crippen molar-refractivity contribution in [2.75, 3.05) is 13.2 Å². The Labute approximate surface area is 136 Å². The van der Waals surface area contributed by atoms with Crippen LogP contribution >= 0.6 is 0 Å². The van der Waals surface area contributed by atoms with Crippen molar-refractivity contribution in [2.45, 2.75) is 13.1 Å². The first-order chi connectivity index (χ1) is 11.3. The van der Waals surface area contributed by atoms with E-state index in [0.29, 0.717) is 5.56 Å². The maximum Gasteiger partial charge on any atom is 0.416 e. The number of ether oxygens (including phenoxy) is 1. The van der Waals surface area contributed by atoms with E-state index in [-0.39, 0.29) is 24.5 Å². The van der Waals surface area contributed by atoms with Crippen molar-refractivity contribution in [1.82, 2.24) is 5.32 Å². The number of alkyl halides is 3. The van der Waals surface area contributed by atoms with Gasteiger partial charge in [0.2, 0.25) is 0 Å². The van der Waals surface area contributed by atoms with Crippen LogP contribution in [0.1, 0.15) is 21.5 Å². The zero-order valence-corrected chi connectivity index (χ0v) is 12.8. The molecule has 128 valence electrons. The molecule has 1 amide bonds. The first kappa shape index (κ1) is 17.8. The van der Waals surface area contributed by atoms with Crippen LogP contribution in [-0.4, -0.2) is 19.1 Å². The summed E-state index contributed by atoms with van der Waals surface area (Å²) >= 11 is 0. The highest BCUT2D eigenvalue weighted by Gasteiger charge is 2.29. The molecule has 2 aromatic rings. The van der Waals surface area contributed by atoms with E-state index in [1.807, 2.05) is 0 Å². The number of carbonyl (C=O) groups excluding carboxylic acids is 1. The number of rotatable bonds is 5. The van der Waals surface area contributed by atoms with Crippen molar-refractivity contribution in [1.29, 1.82) is 0 Å². The van der Waals surface area contributed by atoms with Gasteiger partial charge in [-0.15, -0.1) is 0 Å². The molecule has 2 rings (SSSR count). The highest BCUT2D eigenvalue weighted by atomic mass is 19.4. The number of carbonyl (C=O) groups is 1. The van der Waals surface area contributed by atoms with Crippen molar-refractivity contribution in [3.8, 4) is 5.75 Å². The average Bonchev–Trinajstić information content (AvgIpc) is 2.53. The molecule has 24 heavy (non-hydrogen) atoms. The van der Waals surface area contributed by atoms with Gasteiger partial charge in [0.15, 0.2) is 0 Å². The van der Waals surface area contributed by atoms with Crippen LogP contribution in [0.3, 0.4) is 0 Å². The summed E-state index contributed by atoms with van der Waals surface area (Å²) in [5.74, 6) is -0.660. The molecule has 0 aliphatic carbocycles. The second kappa shape index (κ2) is 7.33. The lowest BCUT2D eigenvalue weighted by Gasteiger charge is -2.10. The lowest BCUT2D eigenvalue weighted by molar-refractivity contribution is -0.137. The van der Waals surface area contributed by atoms with Gasteiger partial charge in [-0.2, -0.15) is 13.2 Å². The summed E-state index contributed by atoms with van der Waals surface area (Å²) in [4.78, 5) is 11.8. The third kappa shape index (κ3) is 4.71. The van der Waals surface area contributed by atoms with Crippen molar-refractivity contribution in [2.24, 2.45) is 0 Å². The first-order valence-electron chi connectivity index (χ1n) is 7.12. The Morgan fingerprint density at radius 2 is 1.79 bits per heavy atom. The van der Waals surface area contributed by atoms with E-state index in [4.69, 9.17) is 4.74 Å². The molecule has 3 nitrogen and oxygen atoms in total. The van der Waals surface area contributed by atoms with Gasteiger partial charge in [-0.05, 0) is 48.9 Å². The van der Waals surface area contributed by atoms with Crippen LogP contribution in [0.2, 0.25) is 0 Å². The number of hydrogen-bond acceptors (Lipinski definition) is 2. The summed E-state index contributed by atoms with van der Waals surface area (Å²) in [6.45, 7) is 1.80. The fourth-order valence-corrected chi connectivity index (χ4v) is 1.91. The summed E-state index contributed by atoms with van der Waals surface area (Å²) in [6, 6.07) is 8.40. The largest absolute Gasteiger partial charge is 0.492 e. The van der Waals surface area contributed by atoms with Gasteiger partial charge in [0.05, 0.1) is 12.1 Å². The van der Waals surface area contributed by atoms with Gasteiger partial charge in [0.1, 0.15) is 18.2 Å². The number of benzene rings is 2. The second-order valence-corrected chi connectivity index (χ2v) is 5.09. The zero-order valence-electron chi connectivity index (χ0n) is 12.8. The monoisotopic (exact) mass is 341 g/mol. The van der Waals surface area contributed by atoms with E-state index in [1.165, 1.54) is 24.3 Å². The lowest BCUT2D eigenvalue weighted by atomic mass is 10.1. The van der Waals surface area contributed by atoms with Crippen LogP contribution in [-0.2, 0) is 6.18 Å². The summed E-state index contributed by atoms with van der Waals surface area (Å²) in [6.07, 6.45) is -4.39. The van der Waals surface area contributed by atoms with Crippen LogP contribution in [0, 0.1) is 12.7 Å². The number of nitrogens with one attached hydrogen (secondary N) is 1. The maximum absolute atomic E-state index is 13.4. The molecule has 1 N–H and O–H groups in total. The minimum atomic E-state index is -4.39. The molecule has 0 unspecified atom stereocenters. The fourth-order valence-electron chi connectivity index (χ4n) is 1.91. The quantitative estimate of drug-likeness (QED) is 0.660. The van der Waals surface area contributed by atoms with Gasteiger partial charge in [-0.1, -0.05) is 6.07 Å². The molecule has 0 heterocycles. The Morgan fingerprint density at radius 1 is 1.12 bits per heavy atom. The van der Waals surface area contributed by atoms with E-state index in [0.717, 1.165) is 18.2 Å². The van der Waals surface area contributed by atoms with Crippen LogP contribution in [0.25, 0.3) is 0 Å². The van der Waals surface area contributed by atoms with Crippen LogP contribution in [0.15, 0.2) is 42.5 Å². The summed E-state index contributed by atoms with van der Waals surface area (Å²) in [7, 11) is 0. The van der Waals surface area contributed by atoms with E-state index in [1.54, 1.807) is 6.92 Å². The Morgan fingerprint density at radius 3 is 2.38 bits per heavy atom. The SMILES string of the molecule is Cc1ccc(C(=O)NCCOc2ccc(C(F)(F)F)cc2)cc1F. The molecule has 7 heteroatoms. The van der Waals surface area contributed by atoms with Crippen molar-refractivity contribution in [3.05, 3.63) is 65.0 Å². The second-order valence-electron chi connectivity index (χ2n) is 5.09. The van der Waals surface area contributed by atoms with E-state index < -0.39 is 23.5 Å². The molecule has 0 aromatic heterocycles. The molecule has 0 saturated carbocycles. The highest BCUT2D eigenvalue weighted by Crippen LogP contribution is 2.30. The predicted molar refractivity (Wildman–Crippen MR) is 80.4 cm³/mol. The molecule has 0 fully saturated rings. The van der Waals surface area contributed by atoms with E-state index >= 15 is 0 Å². The minimum absolute atomic E-state index is 0.0748. The van der Waals surface area contributed by atoms with Crippen LogP contribution < -0.4 is 10.1 Å². The van der Waals surface area contributed by atoms with Crippen molar-refractivity contribution < 1.29 is 27.1 Å². The lowest BCUT2D eigenvalue weighted by Crippen LogP contribution is -2.28. The molecular formula is C17H15F4NO2. The van der Waals surface area contributed by atoms with Crippen molar-refractivity contribution >= 4 is 5.91 Å². The molecule has 0 saturated heterocycles. The van der Waals surface area contributed by atoms with Gasteiger partial charge in [0.25, 0.3) is 5.91 Å². The third-order valence-electron chi connectivity index (χ3n) is 3.27. The van der Waals surface area contributed by atoms with Crippen LogP contribution in [0.4, 0.5) is 17.6 Å². The molecule has 2 aromatic carbocycles. The van der Waals surface area contributed by atoms with Gasteiger partial charge in [0, 0.05) is 5.56 Å². The molecule has 0 aliphatic rings. The third-order valence-corrected chi connectivity index (χ3v) is 3.27. The molecule has 0 bridgehead atoms. The number of hydrogen-bond donors (Lipinski definition) is 1. The van der Waals surface area contributed by atoms with Crippen molar-refractivity contribution in [3.63, 3.8) is 0 Å². The Bertz CT molecular complexity index is 712. The summed E-state index contributed by atoms with van der Waals surface area (Å²) in [5, 5.41) is 2.54. The Kier molecular flexibility index (Phi) is 5.43. The highest BCUT2D eigenvalue weighted by molar-refractivity contribution is 5.94. The normalized spacial score (nSPS) is 11.2. The minimum Gasteiger partial charge on any atom is -0.492 e. The Balaban J connectivity index is 1.80. The fraction of sp³-hybridized carbons (Fsp3) is 0.235.